The molecule has 0 spiro atoms. The maximum atomic E-state index is 12.0. The normalized spacial score (nSPS) is 15.3. The van der Waals surface area contributed by atoms with E-state index in [1.807, 2.05) is 30.5 Å². The van der Waals surface area contributed by atoms with Crippen molar-refractivity contribution in [1.82, 2.24) is 15.1 Å². The predicted octanol–water partition coefficient (Wildman–Crippen LogP) is 4.04. The predicted molar refractivity (Wildman–Crippen MR) is 91.8 cm³/mol. The van der Waals surface area contributed by atoms with Gasteiger partial charge < -0.3 is 5.32 Å². The van der Waals surface area contributed by atoms with E-state index >= 15 is 0 Å². The number of anilines is 1. The minimum Gasteiger partial charge on any atom is -0.335 e. The molecule has 1 aromatic carbocycles. The van der Waals surface area contributed by atoms with Crippen LogP contribution in [0.4, 0.5) is 10.6 Å². The Morgan fingerprint density at radius 3 is 2.78 bits per heavy atom. The Morgan fingerprint density at radius 1 is 1.22 bits per heavy atom. The summed E-state index contributed by atoms with van der Waals surface area (Å²) in [6.07, 6.45) is 7.61. The van der Waals surface area contributed by atoms with Gasteiger partial charge in [-0.05, 0) is 24.5 Å². The second-order valence-electron chi connectivity index (χ2n) is 5.92. The van der Waals surface area contributed by atoms with Gasteiger partial charge in [-0.1, -0.05) is 49.1 Å². The number of hydrogen-bond donors (Lipinski definition) is 2. The number of halogens is 1. The molecule has 122 valence electrons. The highest BCUT2D eigenvalue weighted by molar-refractivity contribution is 6.31. The standard InChI is InChI=1S/C17H21ClN4O/c18-15-9-5-4-6-13(15)12-22-11-10-16(21-22)20-17(23)19-14-7-2-1-3-8-14/h4-6,9-11,14H,1-3,7-8,12H2,(H2,19,20,21,23). The molecule has 1 aliphatic carbocycles. The van der Waals surface area contributed by atoms with Crippen LogP contribution >= 0.6 is 11.6 Å². The summed E-state index contributed by atoms with van der Waals surface area (Å²) in [7, 11) is 0. The molecule has 6 heteroatoms. The topological polar surface area (TPSA) is 59.0 Å². The molecule has 1 saturated carbocycles. The van der Waals surface area contributed by atoms with Crippen LogP contribution in [0.5, 0.6) is 0 Å². The number of nitrogens with one attached hydrogen (secondary N) is 2. The number of carbonyl (C=O) groups excluding carboxylic acids is 1. The second-order valence-corrected chi connectivity index (χ2v) is 6.33. The summed E-state index contributed by atoms with van der Waals surface area (Å²) in [5.41, 5.74) is 0.996. The lowest BCUT2D eigenvalue weighted by atomic mass is 9.96. The molecule has 0 saturated heterocycles. The molecule has 0 radical (unpaired) electrons. The number of urea groups is 1. The van der Waals surface area contributed by atoms with E-state index in [0.29, 0.717) is 17.4 Å². The smallest absolute Gasteiger partial charge is 0.320 e. The largest absolute Gasteiger partial charge is 0.335 e. The highest BCUT2D eigenvalue weighted by Crippen LogP contribution is 2.18. The molecular formula is C17H21ClN4O. The minimum atomic E-state index is -0.181. The third-order valence-electron chi connectivity index (χ3n) is 4.11. The molecule has 2 amide bonds. The van der Waals surface area contributed by atoms with E-state index in [2.05, 4.69) is 15.7 Å². The van der Waals surface area contributed by atoms with Gasteiger partial charge in [-0.15, -0.1) is 0 Å². The Balaban J connectivity index is 1.54. The van der Waals surface area contributed by atoms with Crippen LogP contribution in [-0.2, 0) is 6.54 Å². The third kappa shape index (κ3) is 4.48. The average Bonchev–Trinajstić information content (AvgIpc) is 2.97. The number of aromatic nitrogens is 2. The monoisotopic (exact) mass is 332 g/mol. The van der Waals surface area contributed by atoms with Gasteiger partial charge in [-0.3, -0.25) is 10.00 Å². The zero-order valence-corrected chi connectivity index (χ0v) is 13.7. The molecule has 0 unspecified atom stereocenters. The van der Waals surface area contributed by atoms with Crippen LogP contribution in [-0.4, -0.2) is 21.9 Å². The number of nitrogens with zero attached hydrogens (tertiary/aromatic N) is 2. The van der Waals surface area contributed by atoms with Gasteiger partial charge in [0.15, 0.2) is 5.82 Å². The quantitative estimate of drug-likeness (QED) is 0.887. The lowest BCUT2D eigenvalue weighted by molar-refractivity contribution is 0.244. The first-order valence-electron chi connectivity index (χ1n) is 8.05. The third-order valence-corrected chi connectivity index (χ3v) is 4.48. The molecular weight excluding hydrogens is 312 g/mol. The molecule has 0 atom stereocenters. The van der Waals surface area contributed by atoms with Crippen LogP contribution in [0.1, 0.15) is 37.7 Å². The summed E-state index contributed by atoms with van der Waals surface area (Å²) in [6.45, 7) is 0.575. The van der Waals surface area contributed by atoms with Crippen molar-refractivity contribution in [2.24, 2.45) is 0 Å². The van der Waals surface area contributed by atoms with E-state index in [9.17, 15) is 4.79 Å². The van der Waals surface area contributed by atoms with E-state index < -0.39 is 0 Å². The van der Waals surface area contributed by atoms with E-state index in [1.165, 1.54) is 19.3 Å². The van der Waals surface area contributed by atoms with Crippen molar-refractivity contribution in [2.45, 2.75) is 44.7 Å². The van der Waals surface area contributed by atoms with Crippen molar-refractivity contribution < 1.29 is 4.79 Å². The van der Waals surface area contributed by atoms with Crippen LogP contribution in [0.2, 0.25) is 5.02 Å². The summed E-state index contributed by atoms with van der Waals surface area (Å²) in [5, 5.41) is 10.9. The zero-order chi connectivity index (χ0) is 16.1. The van der Waals surface area contributed by atoms with Gasteiger partial charge in [0.25, 0.3) is 0 Å². The summed E-state index contributed by atoms with van der Waals surface area (Å²) < 4.78 is 1.76. The van der Waals surface area contributed by atoms with Gasteiger partial charge in [-0.2, -0.15) is 5.10 Å². The fourth-order valence-electron chi connectivity index (χ4n) is 2.90. The Bertz CT molecular complexity index is 664. The lowest BCUT2D eigenvalue weighted by Crippen LogP contribution is -2.39. The first-order chi connectivity index (χ1) is 11.2. The number of carbonyl (C=O) groups is 1. The number of benzene rings is 1. The van der Waals surface area contributed by atoms with Crippen molar-refractivity contribution in [3.8, 4) is 0 Å². The van der Waals surface area contributed by atoms with Crippen molar-refractivity contribution in [1.29, 1.82) is 0 Å². The lowest BCUT2D eigenvalue weighted by Gasteiger charge is -2.22. The van der Waals surface area contributed by atoms with Crippen LogP contribution in [0.3, 0.4) is 0 Å². The van der Waals surface area contributed by atoms with E-state index in [1.54, 1.807) is 10.7 Å². The molecule has 2 aromatic rings. The van der Waals surface area contributed by atoms with Gasteiger partial charge in [0.1, 0.15) is 0 Å². The van der Waals surface area contributed by atoms with Crippen LogP contribution in [0.15, 0.2) is 36.5 Å². The van der Waals surface area contributed by atoms with E-state index in [0.717, 1.165) is 18.4 Å². The first kappa shape index (κ1) is 15.9. The van der Waals surface area contributed by atoms with Gasteiger partial charge in [0.05, 0.1) is 6.54 Å². The molecule has 1 aliphatic rings. The fraction of sp³-hybridized carbons (Fsp3) is 0.412. The fourth-order valence-corrected chi connectivity index (χ4v) is 3.10. The summed E-state index contributed by atoms with van der Waals surface area (Å²) in [4.78, 5) is 12.0. The molecule has 1 heterocycles. The molecule has 1 fully saturated rings. The molecule has 5 nitrogen and oxygen atoms in total. The molecule has 0 bridgehead atoms. The number of amides is 2. The maximum Gasteiger partial charge on any atom is 0.320 e. The highest BCUT2D eigenvalue weighted by atomic mass is 35.5. The number of rotatable bonds is 4. The highest BCUT2D eigenvalue weighted by Gasteiger charge is 2.16. The Hall–Kier alpha value is -2.01. The van der Waals surface area contributed by atoms with Gasteiger partial charge in [0.2, 0.25) is 0 Å². The van der Waals surface area contributed by atoms with Crippen molar-refractivity contribution in [3.63, 3.8) is 0 Å². The van der Waals surface area contributed by atoms with Crippen LogP contribution in [0.25, 0.3) is 0 Å². The van der Waals surface area contributed by atoms with Crippen molar-refractivity contribution >= 4 is 23.4 Å². The van der Waals surface area contributed by atoms with Crippen molar-refractivity contribution in [3.05, 3.63) is 47.1 Å². The molecule has 0 aliphatic heterocycles. The first-order valence-corrected chi connectivity index (χ1v) is 8.43. The second kappa shape index (κ2) is 7.51. The van der Waals surface area contributed by atoms with E-state index in [4.69, 9.17) is 11.6 Å². The van der Waals surface area contributed by atoms with Gasteiger partial charge in [-0.25, -0.2) is 4.79 Å². The summed E-state index contributed by atoms with van der Waals surface area (Å²) >= 11 is 6.15. The summed E-state index contributed by atoms with van der Waals surface area (Å²) in [5.74, 6) is 0.547. The minimum absolute atomic E-state index is 0.181. The molecule has 2 N–H and O–H groups in total. The van der Waals surface area contributed by atoms with Gasteiger partial charge in [0, 0.05) is 23.3 Å². The SMILES string of the molecule is O=C(Nc1ccn(Cc2ccccc2Cl)n1)NC1CCCCC1. The Labute approximate surface area is 141 Å². The van der Waals surface area contributed by atoms with E-state index in [-0.39, 0.29) is 12.1 Å². The van der Waals surface area contributed by atoms with Gasteiger partial charge >= 0.3 is 6.03 Å². The molecule has 23 heavy (non-hydrogen) atoms. The number of hydrogen-bond acceptors (Lipinski definition) is 2. The Morgan fingerprint density at radius 2 is 2.00 bits per heavy atom. The Kier molecular flexibility index (Phi) is 5.18. The maximum absolute atomic E-state index is 12.0. The van der Waals surface area contributed by atoms with Crippen molar-refractivity contribution in [2.75, 3.05) is 5.32 Å². The summed E-state index contributed by atoms with van der Waals surface area (Å²) in [6, 6.07) is 9.56. The van der Waals surface area contributed by atoms with Crippen LogP contribution < -0.4 is 10.6 Å². The van der Waals surface area contributed by atoms with Crippen LogP contribution in [0, 0.1) is 0 Å². The molecule has 1 aromatic heterocycles. The molecule has 3 rings (SSSR count). The average molecular weight is 333 g/mol. The zero-order valence-electron chi connectivity index (χ0n) is 13.0.